The molecule has 2 heterocycles. The molecule has 132 valence electrons. The van der Waals surface area contributed by atoms with Crippen LogP contribution in [0, 0.1) is 0 Å². The minimum absolute atomic E-state index is 0.0436. The minimum atomic E-state index is -3.16. The molecule has 0 N–H and O–H groups in total. The molecule has 0 radical (unpaired) electrons. The van der Waals surface area contributed by atoms with Gasteiger partial charge in [0.25, 0.3) is 0 Å². The molecule has 0 aromatic rings. The second kappa shape index (κ2) is 7.14. The van der Waals surface area contributed by atoms with Crippen molar-refractivity contribution in [1.82, 2.24) is 19.0 Å². The maximum atomic E-state index is 12.6. The summed E-state index contributed by atoms with van der Waals surface area (Å²) in [5.41, 5.74) is 0. The molecule has 0 bridgehead atoms. The van der Waals surface area contributed by atoms with Crippen molar-refractivity contribution < 1.29 is 18.0 Å². The van der Waals surface area contributed by atoms with Crippen molar-refractivity contribution in [2.24, 2.45) is 0 Å². The maximum Gasteiger partial charge on any atom is 0.239 e. The number of nitrogens with zero attached hydrogens (tertiary/aromatic N) is 4. The van der Waals surface area contributed by atoms with Crippen LogP contribution in [0.4, 0.5) is 0 Å². The van der Waals surface area contributed by atoms with Crippen LogP contribution >= 0.6 is 0 Å². The Morgan fingerprint density at radius 2 is 1.35 bits per heavy atom. The van der Waals surface area contributed by atoms with Crippen LogP contribution in [0.2, 0.25) is 0 Å². The summed E-state index contributed by atoms with van der Waals surface area (Å²) in [6, 6.07) is -0.263. The summed E-state index contributed by atoms with van der Waals surface area (Å²) in [7, 11) is -3.16. The minimum Gasteiger partial charge on any atom is -0.339 e. The zero-order valence-corrected chi connectivity index (χ0v) is 14.9. The Kier molecular flexibility index (Phi) is 5.64. The lowest BCUT2D eigenvalue weighted by Gasteiger charge is -2.40. The van der Waals surface area contributed by atoms with E-state index in [1.165, 1.54) is 10.6 Å². The van der Waals surface area contributed by atoms with Crippen LogP contribution in [0.1, 0.15) is 13.8 Å². The van der Waals surface area contributed by atoms with Gasteiger partial charge in [-0.05, 0) is 6.92 Å². The number of carbonyl (C=O) groups is 2. The van der Waals surface area contributed by atoms with Crippen LogP contribution in [0.5, 0.6) is 0 Å². The number of piperazine rings is 2. The predicted octanol–water partition coefficient (Wildman–Crippen LogP) is -1.36. The van der Waals surface area contributed by atoms with E-state index in [1.807, 2.05) is 11.8 Å². The predicted molar refractivity (Wildman–Crippen MR) is 86.3 cm³/mol. The fourth-order valence-electron chi connectivity index (χ4n) is 3.08. The second-order valence-corrected chi connectivity index (χ2v) is 8.19. The molecule has 1 atom stereocenters. The maximum absolute atomic E-state index is 12.6. The van der Waals surface area contributed by atoms with E-state index >= 15 is 0 Å². The summed E-state index contributed by atoms with van der Waals surface area (Å²) in [6.45, 7) is 7.67. The highest BCUT2D eigenvalue weighted by molar-refractivity contribution is 7.88. The van der Waals surface area contributed by atoms with Gasteiger partial charge in [0.1, 0.15) is 0 Å². The smallest absolute Gasteiger partial charge is 0.239 e. The normalized spacial score (nSPS) is 22.9. The van der Waals surface area contributed by atoms with E-state index in [-0.39, 0.29) is 17.9 Å². The summed E-state index contributed by atoms with van der Waals surface area (Å²) in [5, 5.41) is 0. The van der Waals surface area contributed by atoms with Gasteiger partial charge < -0.3 is 9.80 Å². The van der Waals surface area contributed by atoms with Gasteiger partial charge >= 0.3 is 0 Å². The average Bonchev–Trinajstić information content (AvgIpc) is 2.53. The largest absolute Gasteiger partial charge is 0.339 e. The van der Waals surface area contributed by atoms with Crippen molar-refractivity contribution in [3.63, 3.8) is 0 Å². The van der Waals surface area contributed by atoms with Crippen LogP contribution in [0.3, 0.4) is 0 Å². The molecule has 0 aromatic carbocycles. The van der Waals surface area contributed by atoms with Crippen LogP contribution in [0.25, 0.3) is 0 Å². The first-order valence-corrected chi connectivity index (χ1v) is 9.78. The summed E-state index contributed by atoms with van der Waals surface area (Å²) < 4.78 is 24.5. The molecule has 2 amide bonds. The Balaban J connectivity index is 1.85. The van der Waals surface area contributed by atoms with Gasteiger partial charge in [0.15, 0.2) is 0 Å². The Bertz CT molecular complexity index is 549. The van der Waals surface area contributed by atoms with Crippen molar-refractivity contribution >= 4 is 21.8 Å². The summed E-state index contributed by atoms with van der Waals surface area (Å²) in [5.74, 6) is 0.100. The Labute approximate surface area is 138 Å². The Morgan fingerprint density at radius 1 is 0.870 bits per heavy atom. The molecule has 0 aliphatic carbocycles. The SMILES string of the molecule is CC(=O)N1CCN(C(=O)[C@@H](C)N2CCN(S(C)(=O)=O)CC2)CC1. The Hall–Kier alpha value is -1.19. The third-order valence-corrected chi connectivity index (χ3v) is 5.99. The van der Waals surface area contributed by atoms with Gasteiger partial charge in [-0.3, -0.25) is 14.5 Å². The van der Waals surface area contributed by atoms with Gasteiger partial charge in [0.05, 0.1) is 12.3 Å². The van der Waals surface area contributed by atoms with Crippen LogP contribution < -0.4 is 0 Å². The molecule has 2 saturated heterocycles. The van der Waals surface area contributed by atoms with Gasteiger partial charge in [0, 0.05) is 59.3 Å². The lowest BCUT2D eigenvalue weighted by molar-refractivity contribution is -0.142. The van der Waals surface area contributed by atoms with E-state index in [0.29, 0.717) is 52.4 Å². The first-order chi connectivity index (χ1) is 10.7. The van der Waals surface area contributed by atoms with Gasteiger partial charge in [0.2, 0.25) is 21.8 Å². The van der Waals surface area contributed by atoms with Crippen LogP contribution in [-0.4, -0.2) is 104 Å². The molecule has 0 unspecified atom stereocenters. The van der Waals surface area contributed by atoms with E-state index in [0.717, 1.165) is 0 Å². The fraction of sp³-hybridized carbons (Fsp3) is 0.857. The highest BCUT2D eigenvalue weighted by atomic mass is 32.2. The molecule has 0 spiro atoms. The van der Waals surface area contributed by atoms with Gasteiger partial charge in [-0.15, -0.1) is 0 Å². The third kappa shape index (κ3) is 4.42. The molecule has 23 heavy (non-hydrogen) atoms. The van der Waals surface area contributed by atoms with E-state index in [1.54, 1.807) is 16.7 Å². The zero-order valence-electron chi connectivity index (χ0n) is 14.1. The highest BCUT2D eigenvalue weighted by Crippen LogP contribution is 2.12. The summed E-state index contributed by atoms with van der Waals surface area (Å²) in [4.78, 5) is 29.5. The van der Waals surface area contributed by atoms with Gasteiger partial charge in [-0.1, -0.05) is 0 Å². The first-order valence-electron chi connectivity index (χ1n) is 7.93. The first kappa shape index (κ1) is 18.2. The van der Waals surface area contributed by atoms with Gasteiger partial charge in [-0.2, -0.15) is 4.31 Å². The van der Waals surface area contributed by atoms with Crippen molar-refractivity contribution in [1.29, 1.82) is 0 Å². The van der Waals surface area contributed by atoms with E-state index in [4.69, 9.17) is 0 Å². The lowest BCUT2D eigenvalue weighted by Crippen LogP contribution is -2.58. The number of sulfonamides is 1. The number of hydrogen-bond donors (Lipinski definition) is 0. The van der Waals surface area contributed by atoms with Crippen molar-refractivity contribution in [3.8, 4) is 0 Å². The standard InChI is InChI=1S/C14H26N4O4S/c1-12(15-8-10-18(11-9-15)23(3,21)22)14(20)17-6-4-16(5-7-17)13(2)19/h12H,4-11H2,1-3H3/t12-/m1/s1. The number of carbonyl (C=O) groups excluding carboxylic acids is 2. The molecular formula is C14H26N4O4S. The van der Waals surface area contributed by atoms with Crippen molar-refractivity contribution in [2.45, 2.75) is 19.9 Å². The number of hydrogen-bond acceptors (Lipinski definition) is 5. The molecular weight excluding hydrogens is 320 g/mol. The molecule has 2 aliphatic rings. The van der Waals surface area contributed by atoms with Crippen LogP contribution in [-0.2, 0) is 19.6 Å². The topological polar surface area (TPSA) is 81.2 Å². The van der Waals surface area contributed by atoms with E-state index in [2.05, 4.69) is 0 Å². The number of rotatable bonds is 3. The van der Waals surface area contributed by atoms with E-state index < -0.39 is 10.0 Å². The lowest BCUT2D eigenvalue weighted by atomic mass is 10.2. The quantitative estimate of drug-likeness (QED) is 0.631. The van der Waals surface area contributed by atoms with Gasteiger partial charge in [-0.25, -0.2) is 8.42 Å². The second-order valence-electron chi connectivity index (χ2n) is 6.21. The fourth-order valence-corrected chi connectivity index (χ4v) is 3.91. The molecule has 0 aromatic heterocycles. The molecule has 2 aliphatic heterocycles. The Morgan fingerprint density at radius 3 is 1.78 bits per heavy atom. The zero-order chi connectivity index (χ0) is 17.2. The molecule has 2 rings (SSSR count). The number of amides is 2. The molecule has 8 nitrogen and oxygen atoms in total. The van der Waals surface area contributed by atoms with E-state index in [9.17, 15) is 18.0 Å². The third-order valence-electron chi connectivity index (χ3n) is 4.68. The molecule has 9 heteroatoms. The van der Waals surface area contributed by atoms with Crippen molar-refractivity contribution in [2.75, 3.05) is 58.6 Å². The molecule has 2 fully saturated rings. The summed E-state index contributed by atoms with van der Waals surface area (Å²) >= 11 is 0. The monoisotopic (exact) mass is 346 g/mol. The molecule has 0 saturated carbocycles. The highest BCUT2D eigenvalue weighted by Gasteiger charge is 2.32. The van der Waals surface area contributed by atoms with Crippen molar-refractivity contribution in [3.05, 3.63) is 0 Å². The summed E-state index contributed by atoms with van der Waals surface area (Å²) in [6.07, 6.45) is 1.21. The average molecular weight is 346 g/mol. The van der Waals surface area contributed by atoms with Crippen LogP contribution in [0.15, 0.2) is 0 Å².